The molecule has 1 heterocycles. The molecule has 1 aromatic carbocycles. The lowest BCUT2D eigenvalue weighted by Gasteiger charge is -2.10. The lowest BCUT2D eigenvalue weighted by molar-refractivity contribution is -0.129. The van der Waals surface area contributed by atoms with Gasteiger partial charge in [-0.2, -0.15) is 0 Å². The van der Waals surface area contributed by atoms with Crippen molar-refractivity contribution in [3.05, 3.63) is 30.1 Å². The maximum Gasteiger partial charge on any atom is 0.248 e. The van der Waals surface area contributed by atoms with E-state index in [0.29, 0.717) is 4.90 Å². The van der Waals surface area contributed by atoms with Crippen LogP contribution in [0.25, 0.3) is 0 Å². The van der Waals surface area contributed by atoms with Crippen LogP contribution in [0.15, 0.2) is 29.2 Å². The van der Waals surface area contributed by atoms with Crippen LogP contribution in [-0.4, -0.2) is 37.5 Å². The second-order valence-corrected chi connectivity index (χ2v) is 8.10. The number of sulfone groups is 1. The summed E-state index contributed by atoms with van der Waals surface area (Å²) < 4.78 is 35.9. The van der Waals surface area contributed by atoms with Crippen molar-refractivity contribution in [2.75, 3.05) is 17.3 Å². The van der Waals surface area contributed by atoms with E-state index in [4.69, 9.17) is 0 Å². The number of nitrogens with one attached hydrogen (secondary N) is 2. The monoisotopic (exact) mass is 346 g/mol. The molecule has 0 radical (unpaired) electrons. The van der Waals surface area contributed by atoms with Gasteiger partial charge in [0.25, 0.3) is 0 Å². The highest BCUT2D eigenvalue weighted by molar-refractivity contribution is 8.00. The van der Waals surface area contributed by atoms with Crippen molar-refractivity contribution >= 4 is 33.4 Å². The number of hydrogen-bond donors (Lipinski definition) is 2. The molecule has 1 aromatic rings. The number of amides is 2. The summed E-state index contributed by atoms with van der Waals surface area (Å²) >= 11 is 1.00. The Morgan fingerprint density at radius 3 is 2.64 bits per heavy atom. The minimum atomic E-state index is -3.15. The van der Waals surface area contributed by atoms with Crippen LogP contribution in [0.3, 0.4) is 0 Å². The van der Waals surface area contributed by atoms with E-state index >= 15 is 0 Å². The van der Waals surface area contributed by atoms with Gasteiger partial charge in [0.1, 0.15) is 5.82 Å². The highest BCUT2D eigenvalue weighted by atomic mass is 32.2. The normalized spacial score (nSPS) is 19.6. The Hall–Kier alpha value is -1.61. The molecule has 120 valence electrons. The third-order valence-electron chi connectivity index (χ3n) is 3.12. The molecule has 0 spiro atoms. The van der Waals surface area contributed by atoms with Gasteiger partial charge in [-0.05, 0) is 18.6 Å². The molecule has 9 heteroatoms. The fourth-order valence-corrected chi connectivity index (χ4v) is 4.46. The molecular weight excluding hydrogens is 331 g/mol. The molecule has 0 saturated carbocycles. The Morgan fingerprint density at radius 1 is 1.27 bits per heavy atom. The van der Waals surface area contributed by atoms with Gasteiger partial charge < -0.3 is 0 Å². The van der Waals surface area contributed by atoms with E-state index in [1.165, 1.54) is 6.07 Å². The Labute approximate surface area is 131 Å². The van der Waals surface area contributed by atoms with Crippen LogP contribution in [0.5, 0.6) is 0 Å². The van der Waals surface area contributed by atoms with Gasteiger partial charge in [-0.25, -0.2) is 12.8 Å². The highest BCUT2D eigenvalue weighted by Gasteiger charge is 2.33. The summed E-state index contributed by atoms with van der Waals surface area (Å²) in [5.41, 5.74) is 4.40. The molecule has 22 heavy (non-hydrogen) atoms. The first-order valence-electron chi connectivity index (χ1n) is 6.54. The third kappa shape index (κ3) is 4.70. The van der Waals surface area contributed by atoms with Crippen molar-refractivity contribution in [1.29, 1.82) is 0 Å². The number of thioether (sulfide) groups is 1. The second-order valence-electron chi connectivity index (χ2n) is 4.86. The molecule has 2 N–H and O–H groups in total. The summed E-state index contributed by atoms with van der Waals surface area (Å²) in [6, 6.07) is 6.05. The Morgan fingerprint density at radius 2 is 2.00 bits per heavy atom. The van der Waals surface area contributed by atoms with Crippen LogP contribution in [-0.2, 0) is 19.4 Å². The van der Waals surface area contributed by atoms with Gasteiger partial charge in [0, 0.05) is 4.90 Å². The van der Waals surface area contributed by atoms with Crippen LogP contribution in [0.1, 0.15) is 6.42 Å². The molecule has 6 nitrogen and oxygen atoms in total. The summed E-state index contributed by atoms with van der Waals surface area (Å²) in [5, 5.41) is 0. The maximum absolute atomic E-state index is 13.4. The Kier molecular flexibility index (Phi) is 5.41. The minimum Gasteiger partial charge on any atom is -0.273 e. The lowest BCUT2D eigenvalue weighted by Crippen LogP contribution is -2.45. The number of hydrogen-bond acceptors (Lipinski definition) is 5. The van der Waals surface area contributed by atoms with E-state index in [0.717, 1.165) is 11.8 Å². The number of carbonyl (C=O) groups excluding carboxylic acids is 2. The molecule has 1 fully saturated rings. The molecule has 1 aliphatic heterocycles. The zero-order chi connectivity index (χ0) is 16.2. The average molecular weight is 346 g/mol. The van der Waals surface area contributed by atoms with E-state index in [-0.39, 0.29) is 23.7 Å². The molecule has 0 aliphatic carbocycles. The first-order chi connectivity index (χ1) is 10.4. The molecule has 0 unspecified atom stereocenters. The third-order valence-corrected chi connectivity index (χ3v) is 5.94. The average Bonchev–Trinajstić information content (AvgIpc) is 2.84. The molecule has 0 aromatic heterocycles. The topological polar surface area (TPSA) is 92.3 Å². The summed E-state index contributed by atoms with van der Waals surface area (Å²) in [7, 11) is -3.15. The quantitative estimate of drug-likeness (QED) is 0.612. The van der Waals surface area contributed by atoms with E-state index in [9.17, 15) is 22.4 Å². The highest BCUT2D eigenvalue weighted by Crippen LogP contribution is 2.20. The smallest absolute Gasteiger partial charge is 0.248 e. The minimum absolute atomic E-state index is 0.0117. The van der Waals surface area contributed by atoms with Gasteiger partial charge in [0.2, 0.25) is 11.8 Å². The van der Waals surface area contributed by atoms with Crippen LogP contribution < -0.4 is 10.9 Å². The number of benzene rings is 1. The largest absolute Gasteiger partial charge is 0.273 e. The zero-order valence-electron chi connectivity index (χ0n) is 11.5. The molecular formula is C13H15FN2O4S2. The lowest BCUT2D eigenvalue weighted by atomic mass is 10.1. The first-order valence-corrected chi connectivity index (χ1v) is 9.34. The zero-order valence-corrected chi connectivity index (χ0v) is 13.2. The first kappa shape index (κ1) is 16.8. The van der Waals surface area contributed by atoms with Gasteiger partial charge in [-0.1, -0.05) is 12.1 Å². The summed E-state index contributed by atoms with van der Waals surface area (Å²) in [4.78, 5) is 23.6. The molecule has 1 atom stereocenters. The summed E-state index contributed by atoms with van der Waals surface area (Å²) in [5.74, 6) is -2.34. The van der Waals surface area contributed by atoms with Crippen LogP contribution in [0, 0.1) is 11.7 Å². The second kappa shape index (κ2) is 7.10. The number of hydrazine groups is 1. The van der Waals surface area contributed by atoms with E-state index < -0.39 is 33.4 Å². The molecule has 1 aliphatic rings. The van der Waals surface area contributed by atoms with Crippen molar-refractivity contribution < 1.29 is 22.4 Å². The van der Waals surface area contributed by atoms with Crippen LogP contribution >= 0.6 is 11.8 Å². The van der Waals surface area contributed by atoms with E-state index in [2.05, 4.69) is 10.9 Å². The molecule has 0 bridgehead atoms. The Bertz CT molecular complexity index is 678. The predicted molar refractivity (Wildman–Crippen MR) is 80.2 cm³/mol. The fourth-order valence-electron chi connectivity index (χ4n) is 1.98. The van der Waals surface area contributed by atoms with Gasteiger partial charge in [-0.3, -0.25) is 20.4 Å². The Balaban J connectivity index is 1.74. The van der Waals surface area contributed by atoms with Gasteiger partial charge in [0.05, 0.1) is 23.2 Å². The van der Waals surface area contributed by atoms with Crippen molar-refractivity contribution in [3.63, 3.8) is 0 Å². The number of rotatable bonds is 4. The van der Waals surface area contributed by atoms with Crippen LogP contribution in [0.2, 0.25) is 0 Å². The predicted octanol–water partition coefficient (Wildman–Crippen LogP) is 0.500. The van der Waals surface area contributed by atoms with Crippen molar-refractivity contribution in [3.8, 4) is 0 Å². The number of halogens is 1. The van der Waals surface area contributed by atoms with E-state index in [1.807, 2.05) is 0 Å². The molecule has 2 amide bonds. The van der Waals surface area contributed by atoms with Crippen molar-refractivity contribution in [2.45, 2.75) is 11.3 Å². The summed E-state index contributed by atoms with van der Waals surface area (Å²) in [6.07, 6.45) is 0.258. The van der Waals surface area contributed by atoms with E-state index in [1.54, 1.807) is 18.2 Å². The van der Waals surface area contributed by atoms with Crippen LogP contribution in [0.4, 0.5) is 4.39 Å². The van der Waals surface area contributed by atoms with Gasteiger partial charge >= 0.3 is 0 Å². The van der Waals surface area contributed by atoms with Gasteiger partial charge in [-0.15, -0.1) is 11.8 Å². The number of carbonyl (C=O) groups is 2. The van der Waals surface area contributed by atoms with Crippen molar-refractivity contribution in [2.24, 2.45) is 5.92 Å². The standard InChI is InChI=1S/C13H15FN2O4S2/c14-10-3-1-2-4-11(10)21-7-12(17)15-16-13(18)9-5-6-22(19,20)8-9/h1-4,9H,5-8H2,(H,15,17)(H,16,18)/t9-/m0/s1. The SMILES string of the molecule is O=C(CSc1ccccc1F)NNC(=O)[C@H]1CCS(=O)(=O)C1. The molecule has 1 saturated heterocycles. The maximum atomic E-state index is 13.4. The van der Waals surface area contributed by atoms with Crippen molar-refractivity contribution in [1.82, 2.24) is 10.9 Å². The van der Waals surface area contributed by atoms with Gasteiger partial charge in [0.15, 0.2) is 9.84 Å². The molecule has 2 rings (SSSR count). The fraction of sp³-hybridized carbons (Fsp3) is 0.385. The summed E-state index contributed by atoms with van der Waals surface area (Å²) in [6.45, 7) is 0.